The number of aromatic nitrogens is 2. The molecule has 0 bridgehead atoms. The molecule has 1 aromatic heterocycles. The molecule has 0 saturated carbocycles. The van der Waals surface area contributed by atoms with Crippen LogP contribution in [-0.2, 0) is 17.9 Å². The van der Waals surface area contributed by atoms with Gasteiger partial charge in [-0.15, -0.1) is 0 Å². The van der Waals surface area contributed by atoms with Crippen LogP contribution in [-0.4, -0.2) is 34.5 Å². The smallest absolute Gasteiger partial charge is 0.261 e. The van der Waals surface area contributed by atoms with E-state index in [1.165, 1.54) is 35.0 Å². The van der Waals surface area contributed by atoms with Gasteiger partial charge in [0.2, 0.25) is 5.91 Å². The Hall–Kier alpha value is -3.22. The highest BCUT2D eigenvalue weighted by atomic mass is 19.1. The molecule has 3 aromatic rings. The highest BCUT2D eigenvalue weighted by Gasteiger charge is 2.14. The van der Waals surface area contributed by atoms with E-state index in [1.807, 2.05) is 13.0 Å². The summed E-state index contributed by atoms with van der Waals surface area (Å²) in [6, 6.07) is 9.90. The predicted octanol–water partition coefficient (Wildman–Crippen LogP) is 2.51. The third-order valence-electron chi connectivity index (χ3n) is 4.42. The number of carbonyl (C=O) groups excluding carboxylic acids is 1. The molecule has 0 atom stereocenters. The molecule has 0 unspecified atom stereocenters. The zero-order valence-electron chi connectivity index (χ0n) is 15.4. The molecule has 0 fully saturated rings. The predicted molar refractivity (Wildman–Crippen MR) is 100 cm³/mol. The number of aryl methyl sites for hydroxylation is 1. The summed E-state index contributed by atoms with van der Waals surface area (Å²) >= 11 is 0. The Balaban J connectivity index is 1.77. The molecule has 7 heteroatoms. The number of fused-ring (bicyclic) bond motifs is 1. The molecule has 27 heavy (non-hydrogen) atoms. The lowest BCUT2D eigenvalue weighted by Crippen LogP contribution is -2.33. The van der Waals surface area contributed by atoms with Crippen molar-refractivity contribution in [2.45, 2.75) is 20.0 Å². The number of para-hydroxylation sites is 1. The largest absolute Gasteiger partial charge is 0.494 e. The fourth-order valence-electron chi connectivity index (χ4n) is 2.89. The van der Waals surface area contributed by atoms with Crippen LogP contribution in [0.3, 0.4) is 0 Å². The van der Waals surface area contributed by atoms with Crippen molar-refractivity contribution in [3.8, 4) is 5.75 Å². The van der Waals surface area contributed by atoms with Crippen molar-refractivity contribution in [2.24, 2.45) is 0 Å². The van der Waals surface area contributed by atoms with E-state index in [2.05, 4.69) is 4.98 Å². The quantitative estimate of drug-likeness (QED) is 0.693. The second-order valence-electron chi connectivity index (χ2n) is 6.37. The monoisotopic (exact) mass is 369 g/mol. The van der Waals surface area contributed by atoms with Gasteiger partial charge < -0.3 is 9.64 Å². The van der Waals surface area contributed by atoms with Gasteiger partial charge in [-0.3, -0.25) is 14.2 Å². The minimum absolute atomic E-state index is 0.134. The summed E-state index contributed by atoms with van der Waals surface area (Å²) in [7, 11) is 3.00. The average molecular weight is 369 g/mol. The minimum atomic E-state index is -0.485. The molecular formula is C20H20FN3O3. The third-order valence-corrected chi connectivity index (χ3v) is 4.42. The van der Waals surface area contributed by atoms with Gasteiger partial charge in [0.05, 0.1) is 24.3 Å². The fraction of sp³-hybridized carbons (Fsp3) is 0.250. The van der Waals surface area contributed by atoms with Gasteiger partial charge in [0, 0.05) is 13.6 Å². The van der Waals surface area contributed by atoms with E-state index in [4.69, 9.17) is 4.74 Å². The third kappa shape index (κ3) is 3.81. The van der Waals surface area contributed by atoms with Crippen molar-refractivity contribution in [1.82, 2.24) is 14.5 Å². The summed E-state index contributed by atoms with van der Waals surface area (Å²) in [5.74, 6) is -0.611. The number of nitrogens with zero attached hydrogens (tertiary/aromatic N) is 3. The van der Waals surface area contributed by atoms with Crippen LogP contribution in [0.4, 0.5) is 4.39 Å². The van der Waals surface area contributed by atoms with Crippen LogP contribution in [0.2, 0.25) is 0 Å². The van der Waals surface area contributed by atoms with Crippen LogP contribution in [0, 0.1) is 12.7 Å². The lowest BCUT2D eigenvalue weighted by atomic mass is 10.1. The van der Waals surface area contributed by atoms with Crippen molar-refractivity contribution < 1.29 is 13.9 Å². The number of hydrogen-bond acceptors (Lipinski definition) is 4. The lowest BCUT2D eigenvalue weighted by Gasteiger charge is -2.18. The molecule has 0 aliphatic heterocycles. The second kappa shape index (κ2) is 7.57. The van der Waals surface area contributed by atoms with E-state index in [9.17, 15) is 14.0 Å². The van der Waals surface area contributed by atoms with E-state index in [-0.39, 0.29) is 30.3 Å². The van der Waals surface area contributed by atoms with Gasteiger partial charge in [-0.1, -0.05) is 18.2 Å². The summed E-state index contributed by atoms with van der Waals surface area (Å²) in [5.41, 5.74) is 1.90. The number of rotatable bonds is 5. The van der Waals surface area contributed by atoms with Gasteiger partial charge in [0.25, 0.3) is 5.56 Å². The fourth-order valence-corrected chi connectivity index (χ4v) is 2.89. The number of hydrogen-bond donors (Lipinski definition) is 0. The molecule has 2 aromatic carbocycles. The Morgan fingerprint density at radius 2 is 2.07 bits per heavy atom. The van der Waals surface area contributed by atoms with Crippen LogP contribution >= 0.6 is 0 Å². The molecule has 0 saturated heterocycles. The van der Waals surface area contributed by atoms with Crippen LogP contribution in [0.25, 0.3) is 10.9 Å². The number of methoxy groups -OCH3 is 1. The normalized spacial score (nSPS) is 10.8. The van der Waals surface area contributed by atoms with Gasteiger partial charge in [-0.2, -0.15) is 0 Å². The van der Waals surface area contributed by atoms with Crippen LogP contribution < -0.4 is 10.3 Å². The zero-order valence-corrected chi connectivity index (χ0v) is 15.4. The first-order chi connectivity index (χ1) is 12.9. The van der Waals surface area contributed by atoms with Gasteiger partial charge in [-0.25, -0.2) is 9.37 Å². The Morgan fingerprint density at radius 1 is 1.30 bits per heavy atom. The highest BCUT2D eigenvalue weighted by molar-refractivity contribution is 5.81. The number of benzene rings is 2. The molecular weight excluding hydrogens is 349 g/mol. The topological polar surface area (TPSA) is 64.4 Å². The van der Waals surface area contributed by atoms with Crippen molar-refractivity contribution in [2.75, 3.05) is 14.2 Å². The first-order valence-corrected chi connectivity index (χ1v) is 8.42. The van der Waals surface area contributed by atoms with E-state index in [0.29, 0.717) is 16.5 Å². The second-order valence-corrected chi connectivity index (χ2v) is 6.37. The standard InChI is InChI=1S/C20H20FN3O3/c1-13-5-4-6-15-19(13)22-12-24(20(15)26)11-18(25)23(2)10-14-7-8-17(27-3)16(21)9-14/h4-9,12H,10-11H2,1-3H3. The zero-order chi connectivity index (χ0) is 19.6. The Kier molecular flexibility index (Phi) is 5.21. The van der Waals surface area contributed by atoms with Gasteiger partial charge in [0.1, 0.15) is 6.54 Å². The molecule has 0 N–H and O–H groups in total. The molecule has 1 heterocycles. The van der Waals surface area contributed by atoms with Gasteiger partial charge >= 0.3 is 0 Å². The van der Waals surface area contributed by atoms with Crippen molar-refractivity contribution in [3.05, 3.63) is 70.0 Å². The maximum Gasteiger partial charge on any atom is 0.261 e. The SMILES string of the molecule is COc1ccc(CN(C)C(=O)Cn2cnc3c(C)cccc3c2=O)cc1F. The molecule has 0 aliphatic rings. The van der Waals surface area contributed by atoms with Crippen molar-refractivity contribution in [1.29, 1.82) is 0 Å². The minimum Gasteiger partial charge on any atom is -0.494 e. The van der Waals surface area contributed by atoms with Crippen LogP contribution in [0.5, 0.6) is 5.75 Å². The van der Waals surface area contributed by atoms with Crippen molar-refractivity contribution >= 4 is 16.8 Å². The number of likely N-dealkylation sites (N-methyl/N-ethyl adjacent to an activating group) is 1. The van der Waals surface area contributed by atoms with Crippen LogP contribution in [0.1, 0.15) is 11.1 Å². The average Bonchev–Trinajstić information content (AvgIpc) is 2.64. The van der Waals surface area contributed by atoms with E-state index in [0.717, 1.165) is 5.56 Å². The molecule has 0 spiro atoms. The number of amides is 1. The number of halogens is 1. The summed E-state index contributed by atoms with van der Waals surface area (Å²) in [6.07, 6.45) is 1.39. The summed E-state index contributed by atoms with van der Waals surface area (Å²) < 4.78 is 20.0. The molecule has 140 valence electrons. The molecule has 0 aliphatic carbocycles. The Bertz CT molecular complexity index is 1060. The van der Waals surface area contributed by atoms with Gasteiger partial charge in [-0.05, 0) is 36.2 Å². The Morgan fingerprint density at radius 3 is 2.78 bits per heavy atom. The summed E-state index contributed by atoms with van der Waals surface area (Å²) in [5, 5.41) is 0.477. The molecule has 3 rings (SSSR count). The van der Waals surface area contributed by atoms with Crippen molar-refractivity contribution in [3.63, 3.8) is 0 Å². The van der Waals surface area contributed by atoms with Crippen LogP contribution in [0.15, 0.2) is 47.5 Å². The maximum absolute atomic E-state index is 13.8. The highest BCUT2D eigenvalue weighted by Crippen LogP contribution is 2.18. The van der Waals surface area contributed by atoms with E-state index in [1.54, 1.807) is 25.2 Å². The van der Waals surface area contributed by atoms with E-state index < -0.39 is 5.82 Å². The van der Waals surface area contributed by atoms with E-state index >= 15 is 0 Å². The first kappa shape index (κ1) is 18.6. The summed E-state index contributed by atoms with van der Waals surface area (Å²) in [4.78, 5) is 30.8. The molecule has 1 amide bonds. The Labute approximate surface area is 155 Å². The number of ether oxygens (including phenoxy) is 1. The molecule has 0 radical (unpaired) electrons. The summed E-state index contributed by atoms with van der Waals surface area (Å²) in [6.45, 7) is 1.96. The lowest BCUT2D eigenvalue weighted by molar-refractivity contribution is -0.131. The maximum atomic E-state index is 13.8. The molecule has 6 nitrogen and oxygen atoms in total. The first-order valence-electron chi connectivity index (χ1n) is 8.42. The number of carbonyl (C=O) groups is 1. The van der Waals surface area contributed by atoms with Gasteiger partial charge in [0.15, 0.2) is 11.6 Å².